The number of rotatable bonds is 5. The van der Waals surface area contributed by atoms with E-state index in [1.807, 2.05) is 0 Å². The van der Waals surface area contributed by atoms with Crippen molar-refractivity contribution in [1.82, 2.24) is 4.31 Å². The largest absolute Gasteiger partial charge is 0.365 e. The number of sulfonamides is 1. The molecule has 0 unspecified atom stereocenters. The number of nitrogens with zero attached hydrogens (tertiary/aromatic N) is 1. The van der Waals surface area contributed by atoms with Crippen LogP contribution in [0.4, 0.5) is 9.39 Å². The zero-order valence-electron chi connectivity index (χ0n) is 17.6. The molecule has 10 heteroatoms. The molecule has 2 aliphatic rings. The average Bonchev–Trinajstić information content (AvgIpc) is 2.95. The minimum absolute atomic E-state index is 0.0352. The van der Waals surface area contributed by atoms with E-state index in [4.69, 9.17) is 5.73 Å². The lowest BCUT2D eigenvalue weighted by atomic mass is 9.97. The van der Waals surface area contributed by atoms with Gasteiger partial charge >= 0.3 is 0 Å². The lowest BCUT2D eigenvalue weighted by Gasteiger charge is -2.30. The summed E-state index contributed by atoms with van der Waals surface area (Å²) in [6.07, 6.45) is 5.57. The summed E-state index contributed by atoms with van der Waals surface area (Å²) >= 11 is 1.43. The topological polar surface area (TPSA) is 110 Å². The number of aryl methyl sites for hydroxylation is 1. The third-order valence-corrected chi connectivity index (χ3v) is 9.30. The summed E-state index contributed by atoms with van der Waals surface area (Å²) in [5.74, 6) is -1.61. The SMILES string of the molecule is NC(=O)c1c(NC(=O)C2CCN(S(=O)(=O)c3ccc(F)cc3)CC2)sc2c1CCCCC2. The van der Waals surface area contributed by atoms with Crippen LogP contribution in [0.2, 0.25) is 0 Å². The second-order valence-corrected chi connectivity index (χ2v) is 11.3. The molecule has 2 heterocycles. The summed E-state index contributed by atoms with van der Waals surface area (Å²) in [5, 5.41) is 3.41. The Morgan fingerprint density at radius 1 is 1.06 bits per heavy atom. The van der Waals surface area contributed by atoms with Crippen LogP contribution < -0.4 is 11.1 Å². The third-order valence-electron chi connectivity index (χ3n) is 6.18. The van der Waals surface area contributed by atoms with Gasteiger partial charge < -0.3 is 11.1 Å². The van der Waals surface area contributed by atoms with Crippen LogP contribution in [0.25, 0.3) is 0 Å². The molecule has 0 radical (unpaired) electrons. The standard InChI is InChI=1S/C22H26FN3O4S2/c23-15-6-8-16(9-7-15)32(29,30)26-12-10-14(11-13-26)21(28)25-22-19(20(24)27)17-4-2-1-3-5-18(17)31-22/h6-9,14H,1-5,10-13H2,(H2,24,27)(H,25,28). The second kappa shape index (κ2) is 9.29. The Kier molecular flexibility index (Phi) is 6.64. The Morgan fingerprint density at radius 3 is 2.38 bits per heavy atom. The highest BCUT2D eigenvalue weighted by Gasteiger charge is 2.33. The summed E-state index contributed by atoms with van der Waals surface area (Å²) in [7, 11) is -3.73. The third kappa shape index (κ3) is 4.57. The molecular weight excluding hydrogens is 453 g/mol. The Morgan fingerprint density at radius 2 is 1.72 bits per heavy atom. The highest BCUT2D eigenvalue weighted by molar-refractivity contribution is 7.89. The van der Waals surface area contributed by atoms with Crippen LogP contribution in [0.5, 0.6) is 0 Å². The Balaban J connectivity index is 1.43. The molecule has 1 aliphatic carbocycles. The van der Waals surface area contributed by atoms with E-state index >= 15 is 0 Å². The van der Waals surface area contributed by atoms with E-state index in [-0.39, 0.29) is 29.8 Å². The van der Waals surface area contributed by atoms with E-state index < -0.39 is 21.7 Å². The van der Waals surface area contributed by atoms with Crippen LogP contribution in [-0.4, -0.2) is 37.6 Å². The van der Waals surface area contributed by atoms with Crippen molar-refractivity contribution in [2.75, 3.05) is 18.4 Å². The van der Waals surface area contributed by atoms with Crippen molar-refractivity contribution in [2.24, 2.45) is 11.7 Å². The van der Waals surface area contributed by atoms with Gasteiger partial charge in [-0.05, 0) is 68.4 Å². The highest BCUT2D eigenvalue weighted by Crippen LogP contribution is 2.38. The van der Waals surface area contributed by atoms with Crippen molar-refractivity contribution >= 4 is 38.2 Å². The predicted molar refractivity (Wildman–Crippen MR) is 121 cm³/mol. The smallest absolute Gasteiger partial charge is 0.251 e. The van der Waals surface area contributed by atoms with E-state index in [1.54, 1.807) is 0 Å². The molecule has 1 fully saturated rings. The number of fused-ring (bicyclic) bond motifs is 1. The number of piperidine rings is 1. The fourth-order valence-electron chi connectivity index (χ4n) is 4.42. The van der Waals surface area contributed by atoms with Crippen LogP contribution in [0.15, 0.2) is 29.2 Å². The van der Waals surface area contributed by atoms with Crippen molar-refractivity contribution in [1.29, 1.82) is 0 Å². The van der Waals surface area contributed by atoms with Gasteiger partial charge in [-0.15, -0.1) is 11.3 Å². The average molecular weight is 480 g/mol. The van der Waals surface area contributed by atoms with Crippen LogP contribution in [0, 0.1) is 11.7 Å². The number of halogens is 1. The molecular formula is C22H26FN3O4S2. The van der Waals surface area contributed by atoms with Gasteiger partial charge in [-0.2, -0.15) is 4.31 Å². The fourth-order valence-corrected chi connectivity index (χ4v) is 7.19. The number of hydrogen-bond donors (Lipinski definition) is 2. The van der Waals surface area contributed by atoms with E-state index in [0.717, 1.165) is 54.7 Å². The van der Waals surface area contributed by atoms with Gasteiger partial charge in [0.2, 0.25) is 15.9 Å². The van der Waals surface area contributed by atoms with Gasteiger partial charge in [0, 0.05) is 23.9 Å². The molecule has 2 aromatic rings. The summed E-state index contributed by atoms with van der Waals surface area (Å²) < 4.78 is 40.0. The summed E-state index contributed by atoms with van der Waals surface area (Å²) in [4.78, 5) is 26.2. The monoisotopic (exact) mass is 479 g/mol. The molecule has 172 valence electrons. The maximum Gasteiger partial charge on any atom is 0.251 e. The number of amides is 2. The second-order valence-electron chi connectivity index (χ2n) is 8.25. The van der Waals surface area contributed by atoms with Gasteiger partial charge in [-0.1, -0.05) is 6.42 Å². The summed E-state index contributed by atoms with van der Waals surface area (Å²) in [5.41, 5.74) is 7.03. The van der Waals surface area contributed by atoms with Crippen molar-refractivity contribution < 1.29 is 22.4 Å². The molecule has 0 bridgehead atoms. The molecule has 0 spiro atoms. The Hall–Kier alpha value is -2.30. The number of hydrogen-bond acceptors (Lipinski definition) is 5. The first-order chi connectivity index (χ1) is 15.3. The highest BCUT2D eigenvalue weighted by atomic mass is 32.2. The van der Waals surface area contributed by atoms with Crippen LogP contribution >= 0.6 is 11.3 Å². The first-order valence-electron chi connectivity index (χ1n) is 10.8. The normalized spacial score (nSPS) is 18.0. The first-order valence-corrected chi connectivity index (χ1v) is 13.0. The van der Waals surface area contributed by atoms with Gasteiger partial charge in [0.25, 0.3) is 5.91 Å². The molecule has 1 saturated heterocycles. The zero-order valence-corrected chi connectivity index (χ0v) is 19.2. The number of carbonyl (C=O) groups is 2. The van der Waals surface area contributed by atoms with Crippen LogP contribution in [-0.2, 0) is 27.7 Å². The zero-order chi connectivity index (χ0) is 22.9. The van der Waals surface area contributed by atoms with E-state index in [9.17, 15) is 22.4 Å². The molecule has 0 atom stereocenters. The quantitative estimate of drug-likeness (QED) is 0.641. The molecule has 7 nitrogen and oxygen atoms in total. The molecule has 4 rings (SSSR count). The molecule has 32 heavy (non-hydrogen) atoms. The van der Waals surface area contributed by atoms with Gasteiger partial charge in [0.05, 0.1) is 10.5 Å². The number of nitrogens with one attached hydrogen (secondary N) is 1. The maximum atomic E-state index is 13.1. The molecule has 1 aromatic heterocycles. The fraction of sp³-hybridized carbons (Fsp3) is 0.455. The summed E-state index contributed by atoms with van der Waals surface area (Å²) in [6, 6.07) is 4.73. The van der Waals surface area contributed by atoms with Crippen molar-refractivity contribution in [3.63, 3.8) is 0 Å². The van der Waals surface area contributed by atoms with Gasteiger partial charge in [0.15, 0.2) is 0 Å². The molecule has 1 aliphatic heterocycles. The van der Waals surface area contributed by atoms with Gasteiger partial charge in [-0.25, -0.2) is 12.8 Å². The molecule has 2 amide bonds. The minimum Gasteiger partial charge on any atom is -0.365 e. The van der Waals surface area contributed by atoms with Crippen molar-refractivity contribution in [3.8, 4) is 0 Å². The first kappa shape index (κ1) is 22.9. The molecule has 1 aromatic carbocycles. The number of carbonyl (C=O) groups excluding carboxylic acids is 2. The lowest BCUT2D eigenvalue weighted by Crippen LogP contribution is -2.41. The molecule has 3 N–H and O–H groups in total. The van der Waals surface area contributed by atoms with E-state index in [0.29, 0.717) is 23.4 Å². The van der Waals surface area contributed by atoms with Gasteiger partial charge in [-0.3, -0.25) is 9.59 Å². The maximum absolute atomic E-state index is 13.1. The number of anilines is 1. The lowest BCUT2D eigenvalue weighted by molar-refractivity contribution is -0.120. The number of primary amides is 1. The van der Waals surface area contributed by atoms with E-state index in [1.165, 1.54) is 27.8 Å². The van der Waals surface area contributed by atoms with Crippen LogP contribution in [0.1, 0.15) is 52.9 Å². The van der Waals surface area contributed by atoms with E-state index in [2.05, 4.69) is 5.32 Å². The van der Waals surface area contributed by atoms with Crippen molar-refractivity contribution in [3.05, 3.63) is 46.1 Å². The van der Waals surface area contributed by atoms with Crippen LogP contribution in [0.3, 0.4) is 0 Å². The Labute approximate surface area is 190 Å². The van der Waals surface area contributed by atoms with Crippen molar-refractivity contribution in [2.45, 2.75) is 49.8 Å². The molecule has 0 saturated carbocycles. The van der Waals surface area contributed by atoms with Gasteiger partial charge in [0.1, 0.15) is 10.8 Å². The predicted octanol–water partition coefficient (Wildman–Crippen LogP) is 3.29. The number of benzene rings is 1. The Bertz CT molecular complexity index is 1120. The number of nitrogens with two attached hydrogens (primary N) is 1. The number of thiophene rings is 1. The summed E-state index contributed by atoms with van der Waals surface area (Å²) in [6.45, 7) is 0.392. The minimum atomic E-state index is -3.73.